The van der Waals surface area contributed by atoms with Crippen LogP contribution in [0, 0.1) is 5.92 Å². The van der Waals surface area contributed by atoms with Crippen LogP contribution in [0.3, 0.4) is 0 Å². The van der Waals surface area contributed by atoms with Gasteiger partial charge in [-0.2, -0.15) is 0 Å². The highest BCUT2D eigenvalue weighted by molar-refractivity contribution is 5.88. The molecule has 58 valence electrons. The van der Waals surface area contributed by atoms with Gasteiger partial charge in [-0.15, -0.1) is 0 Å². The summed E-state index contributed by atoms with van der Waals surface area (Å²) in [5, 5.41) is 26.3. The van der Waals surface area contributed by atoms with Crippen LogP contribution < -0.4 is 0 Å². The van der Waals surface area contributed by atoms with Crippen molar-refractivity contribution in [2.45, 2.75) is 18.6 Å². The summed E-state index contributed by atoms with van der Waals surface area (Å²) < 4.78 is 0. The number of aliphatic hydroxyl groups excluding tert-OH is 3. The lowest BCUT2D eigenvalue weighted by atomic mass is 10.1. The Hall–Kier alpha value is -0.450. The lowest BCUT2D eigenvalue weighted by Gasteiger charge is -2.02. The number of Topliss-reactive ketones (excluding diaryl/α,β-unsaturated/α-hetero) is 1. The van der Waals surface area contributed by atoms with E-state index in [4.69, 9.17) is 15.3 Å². The fourth-order valence-corrected chi connectivity index (χ4v) is 1.13. The van der Waals surface area contributed by atoms with E-state index in [1.807, 2.05) is 0 Å². The van der Waals surface area contributed by atoms with Crippen molar-refractivity contribution < 1.29 is 20.1 Å². The summed E-state index contributed by atoms with van der Waals surface area (Å²) >= 11 is 0. The van der Waals surface area contributed by atoms with Crippen LogP contribution in [-0.2, 0) is 4.79 Å². The van der Waals surface area contributed by atoms with Gasteiger partial charge in [-0.25, -0.2) is 0 Å². The first-order valence-corrected chi connectivity index (χ1v) is 3.17. The minimum Gasteiger partial charge on any atom is -0.396 e. The standard InChI is InChI=1S/C6H10O4/c7-2-3-1-4(8)6(10)5(3)9/h3-4,6-8,10H,1-2H2/t3-,4?,6+/m1/s1. The number of carbonyl (C=O) groups excluding carboxylic acids is 1. The third-order valence-electron chi connectivity index (χ3n) is 1.80. The molecule has 0 aliphatic heterocycles. The Morgan fingerprint density at radius 2 is 2.10 bits per heavy atom. The summed E-state index contributed by atoms with van der Waals surface area (Å²) in [6.45, 7) is -0.285. The predicted molar refractivity (Wildman–Crippen MR) is 32.2 cm³/mol. The van der Waals surface area contributed by atoms with Crippen LogP contribution in [-0.4, -0.2) is 39.9 Å². The summed E-state index contributed by atoms with van der Waals surface area (Å²) in [4.78, 5) is 10.8. The van der Waals surface area contributed by atoms with Crippen LogP contribution in [0.1, 0.15) is 6.42 Å². The van der Waals surface area contributed by atoms with E-state index in [1.54, 1.807) is 0 Å². The summed E-state index contributed by atoms with van der Waals surface area (Å²) in [5.74, 6) is -1.01. The molecule has 1 aliphatic rings. The summed E-state index contributed by atoms with van der Waals surface area (Å²) in [6, 6.07) is 0. The SMILES string of the molecule is O=C1[C@@H](CO)CC(O)[C@@H]1O. The first kappa shape index (κ1) is 7.65. The molecule has 1 fully saturated rings. The van der Waals surface area contributed by atoms with E-state index in [0.717, 1.165) is 0 Å². The molecule has 4 nitrogen and oxygen atoms in total. The third kappa shape index (κ3) is 1.05. The zero-order valence-electron chi connectivity index (χ0n) is 5.40. The molecule has 10 heavy (non-hydrogen) atoms. The van der Waals surface area contributed by atoms with E-state index >= 15 is 0 Å². The summed E-state index contributed by atoms with van der Waals surface area (Å²) in [7, 11) is 0. The molecule has 3 atom stereocenters. The topological polar surface area (TPSA) is 77.8 Å². The maximum atomic E-state index is 10.8. The number of aliphatic hydroxyl groups is 3. The predicted octanol–water partition coefficient (Wildman–Crippen LogP) is -1.71. The van der Waals surface area contributed by atoms with Crippen molar-refractivity contribution in [3.8, 4) is 0 Å². The van der Waals surface area contributed by atoms with Crippen molar-refractivity contribution in [3.05, 3.63) is 0 Å². The lowest BCUT2D eigenvalue weighted by Crippen LogP contribution is -2.26. The second-order valence-electron chi connectivity index (χ2n) is 2.53. The van der Waals surface area contributed by atoms with Gasteiger partial charge in [0.05, 0.1) is 12.7 Å². The molecule has 0 amide bonds. The highest BCUT2D eigenvalue weighted by atomic mass is 16.3. The summed E-state index contributed by atoms with van der Waals surface area (Å²) in [6.07, 6.45) is -2.09. The van der Waals surface area contributed by atoms with Gasteiger partial charge >= 0.3 is 0 Å². The highest BCUT2D eigenvalue weighted by Crippen LogP contribution is 2.21. The zero-order chi connectivity index (χ0) is 7.72. The van der Waals surface area contributed by atoms with Gasteiger partial charge in [0.15, 0.2) is 5.78 Å². The molecule has 0 aromatic rings. The van der Waals surface area contributed by atoms with Crippen molar-refractivity contribution >= 4 is 5.78 Å². The molecule has 0 spiro atoms. The van der Waals surface area contributed by atoms with E-state index in [2.05, 4.69) is 0 Å². The molecular weight excluding hydrogens is 136 g/mol. The van der Waals surface area contributed by atoms with Crippen molar-refractivity contribution in [2.24, 2.45) is 5.92 Å². The first-order valence-electron chi connectivity index (χ1n) is 3.17. The molecular formula is C6H10O4. The molecule has 0 radical (unpaired) electrons. The molecule has 4 heteroatoms. The van der Waals surface area contributed by atoms with Crippen LogP contribution >= 0.6 is 0 Å². The van der Waals surface area contributed by atoms with Crippen molar-refractivity contribution in [2.75, 3.05) is 6.61 Å². The van der Waals surface area contributed by atoms with Crippen LogP contribution in [0.15, 0.2) is 0 Å². The number of ketones is 1. The van der Waals surface area contributed by atoms with Crippen LogP contribution in [0.2, 0.25) is 0 Å². The molecule has 1 saturated carbocycles. The Labute approximate surface area is 58.1 Å². The smallest absolute Gasteiger partial charge is 0.169 e. The maximum absolute atomic E-state index is 10.8. The Kier molecular flexibility index (Phi) is 2.03. The van der Waals surface area contributed by atoms with Crippen molar-refractivity contribution in [1.29, 1.82) is 0 Å². The van der Waals surface area contributed by atoms with Gasteiger partial charge in [0.1, 0.15) is 6.10 Å². The molecule has 0 bridgehead atoms. The largest absolute Gasteiger partial charge is 0.396 e. The van der Waals surface area contributed by atoms with E-state index in [0.29, 0.717) is 0 Å². The quantitative estimate of drug-likeness (QED) is 0.411. The molecule has 1 aliphatic carbocycles. The molecule has 0 aromatic heterocycles. The highest BCUT2D eigenvalue weighted by Gasteiger charge is 2.39. The molecule has 0 heterocycles. The van der Waals surface area contributed by atoms with Gasteiger partial charge in [-0.05, 0) is 6.42 Å². The van der Waals surface area contributed by atoms with E-state index < -0.39 is 23.9 Å². The third-order valence-corrected chi connectivity index (χ3v) is 1.80. The number of hydrogen-bond donors (Lipinski definition) is 3. The van der Waals surface area contributed by atoms with E-state index in [-0.39, 0.29) is 13.0 Å². The monoisotopic (exact) mass is 146 g/mol. The Morgan fingerprint density at radius 3 is 2.30 bits per heavy atom. The lowest BCUT2D eigenvalue weighted by molar-refractivity contribution is -0.130. The number of carbonyl (C=O) groups is 1. The Morgan fingerprint density at radius 1 is 1.50 bits per heavy atom. The minimum absolute atomic E-state index is 0.177. The zero-order valence-corrected chi connectivity index (χ0v) is 5.40. The average molecular weight is 146 g/mol. The molecule has 1 unspecified atom stereocenters. The average Bonchev–Trinajstić information content (AvgIpc) is 2.17. The molecule has 1 rings (SSSR count). The second kappa shape index (κ2) is 2.65. The van der Waals surface area contributed by atoms with Crippen molar-refractivity contribution in [1.82, 2.24) is 0 Å². The number of rotatable bonds is 1. The fourth-order valence-electron chi connectivity index (χ4n) is 1.13. The molecule has 3 N–H and O–H groups in total. The van der Waals surface area contributed by atoms with Gasteiger partial charge in [0.25, 0.3) is 0 Å². The normalized spacial score (nSPS) is 40.7. The van der Waals surface area contributed by atoms with Gasteiger partial charge in [-0.3, -0.25) is 4.79 Å². The second-order valence-corrected chi connectivity index (χ2v) is 2.53. The summed E-state index contributed by atoms with van der Waals surface area (Å²) in [5.41, 5.74) is 0. The van der Waals surface area contributed by atoms with Gasteiger partial charge in [0, 0.05) is 5.92 Å². The van der Waals surface area contributed by atoms with Gasteiger partial charge < -0.3 is 15.3 Å². The maximum Gasteiger partial charge on any atom is 0.169 e. The van der Waals surface area contributed by atoms with E-state index in [9.17, 15) is 4.79 Å². The van der Waals surface area contributed by atoms with Crippen LogP contribution in [0.5, 0.6) is 0 Å². The molecule has 0 saturated heterocycles. The first-order chi connectivity index (χ1) is 4.66. The molecule has 0 aromatic carbocycles. The van der Waals surface area contributed by atoms with Gasteiger partial charge in [-0.1, -0.05) is 0 Å². The fraction of sp³-hybridized carbons (Fsp3) is 0.833. The van der Waals surface area contributed by atoms with Crippen molar-refractivity contribution in [3.63, 3.8) is 0 Å². The Bertz CT molecular complexity index is 145. The van der Waals surface area contributed by atoms with E-state index in [1.165, 1.54) is 0 Å². The minimum atomic E-state index is -1.28. The van der Waals surface area contributed by atoms with Crippen LogP contribution in [0.25, 0.3) is 0 Å². The Balaban J connectivity index is 2.62. The van der Waals surface area contributed by atoms with Crippen LogP contribution in [0.4, 0.5) is 0 Å². The number of hydrogen-bond acceptors (Lipinski definition) is 4. The van der Waals surface area contributed by atoms with Gasteiger partial charge in [0.2, 0.25) is 0 Å².